The molecule has 1 amide bonds. The highest BCUT2D eigenvalue weighted by Crippen LogP contribution is 2.42. The minimum absolute atomic E-state index is 0.0935. The summed E-state index contributed by atoms with van der Waals surface area (Å²) < 4.78 is 7.16. The van der Waals surface area contributed by atoms with Crippen molar-refractivity contribution in [3.05, 3.63) is 105 Å². The Morgan fingerprint density at radius 2 is 1.68 bits per heavy atom. The molecule has 0 unspecified atom stereocenters. The molecule has 1 saturated heterocycles. The first-order chi connectivity index (χ1) is 24.1. The second kappa shape index (κ2) is 14.1. The highest BCUT2D eigenvalue weighted by atomic mass is 35.5. The number of methoxy groups -OCH3 is 1. The van der Waals surface area contributed by atoms with E-state index in [1.807, 2.05) is 67.6 Å². The molecule has 10 nitrogen and oxygen atoms in total. The topological polar surface area (TPSA) is 130 Å². The average Bonchev–Trinajstić information content (AvgIpc) is 3.51. The molecular weight excluding hydrogens is 675 g/mol. The Hall–Kier alpha value is -4.32. The van der Waals surface area contributed by atoms with Gasteiger partial charge in [-0.25, -0.2) is 9.97 Å². The lowest BCUT2D eigenvalue weighted by Crippen LogP contribution is -2.51. The number of aliphatic hydroxyl groups is 1. The summed E-state index contributed by atoms with van der Waals surface area (Å²) in [6.45, 7) is 3.47. The van der Waals surface area contributed by atoms with E-state index in [1.165, 1.54) is 10.5 Å². The number of carbonyl (C=O) groups excluding carboxylic acids is 1. The lowest BCUT2D eigenvalue weighted by atomic mass is 9.77. The first-order valence-corrected chi connectivity index (χ1v) is 17.4. The zero-order chi connectivity index (χ0) is 35.0. The van der Waals surface area contributed by atoms with Crippen LogP contribution in [0.1, 0.15) is 43.9 Å². The quantitative estimate of drug-likeness (QED) is 0.136. The zero-order valence-corrected chi connectivity index (χ0v) is 29.3. The Morgan fingerprint density at radius 1 is 0.960 bits per heavy atom. The molecule has 7 rings (SSSR count). The van der Waals surface area contributed by atoms with Crippen LogP contribution in [0, 0.1) is 0 Å². The number of hydrogen-bond acceptors (Lipinski definition) is 8. The van der Waals surface area contributed by atoms with E-state index < -0.39 is 5.60 Å². The fourth-order valence-corrected chi connectivity index (χ4v) is 7.51. The number of halogens is 2. The maximum Gasteiger partial charge on any atom is 0.258 e. The number of carbonyl (C=O) groups is 1. The predicted molar refractivity (Wildman–Crippen MR) is 195 cm³/mol. The van der Waals surface area contributed by atoms with E-state index in [4.69, 9.17) is 37.9 Å². The molecule has 4 heterocycles. The van der Waals surface area contributed by atoms with Crippen molar-refractivity contribution in [3.63, 3.8) is 0 Å². The van der Waals surface area contributed by atoms with Crippen LogP contribution in [0.25, 0.3) is 39.2 Å². The van der Waals surface area contributed by atoms with Crippen molar-refractivity contribution >= 4 is 34.8 Å². The van der Waals surface area contributed by atoms with Crippen LogP contribution in [0.4, 0.5) is 0 Å². The monoisotopic (exact) mass is 712 g/mol. The highest BCUT2D eigenvalue weighted by Gasteiger charge is 2.37. The van der Waals surface area contributed by atoms with Crippen molar-refractivity contribution < 1.29 is 14.6 Å². The lowest BCUT2D eigenvalue weighted by molar-refractivity contribution is -0.119. The molecule has 0 spiro atoms. The van der Waals surface area contributed by atoms with Crippen molar-refractivity contribution in [3.8, 4) is 39.4 Å². The van der Waals surface area contributed by atoms with Gasteiger partial charge in [-0.3, -0.25) is 14.0 Å². The Morgan fingerprint density at radius 3 is 2.38 bits per heavy atom. The lowest BCUT2D eigenvalue weighted by Gasteiger charge is -2.41. The van der Waals surface area contributed by atoms with Gasteiger partial charge in [0.05, 0.1) is 34.1 Å². The van der Waals surface area contributed by atoms with Gasteiger partial charge < -0.3 is 25.8 Å². The second-order valence-electron chi connectivity index (χ2n) is 13.3. The summed E-state index contributed by atoms with van der Waals surface area (Å²) in [6, 6.07) is 21.0. The van der Waals surface area contributed by atoms with Gasteiger partial charge in [0.25, 0.3) is 5.56 Å². The number of hydrogen-bond donors (Lipinski definition) is 4. The first kappa shape index (κ1) is 34.1. The van der Waals surface area contributed by atoms with Gasteiger partial charge in [0.15, 0.2) is 0 Å². The Bertz CT molecular complexity index is 2140. The minimum Gasteiger partial charge on any atom is -0.481 e. The van der Waals surface area contributed by atoms with Crippen LogP contribution in [0.5, 0.6) is 5.88 Å². The van der Waals surface area contributed by atoms with Crippen LogP contribution in [0.3, 0.4) is 0 Å². The third kappa shape index (κ3) is 7.12. The molecular formula is C38H38Cl2N6O4. The molecule has 0 radical (unpaired) electrons. The molecule has 1 aliphatic heterocycles. The normalized spacial score (nSPS) is 20.1. The summed E-state index contributed by atoms with van der Waals surface area (Å²) in [6.07, 6.45) is 4.45. The number of benzene rings is 2. The van der Waals surface area contributed by atoms with Gasteiger partial charge in [0.1, 0.15) is 5.65 Å². The molecule has 12 heteroatoms. The van der Waals surface area contributed by atoms with Crippen molar-refractivity contribution in [2.45, 2.75) is 63.4 Å². The van der Waals surface area contributed by atoms with E-state index in [0.29, 0.717) is 71.9 Å². The predicted octanol–water partition coefficient (Wildman–Crippen LogP) is 5.78. The molecule has 50 heavy (non-hydrogen) atoms. The van der Waals surface area contributed by atoms with E-state index >= 15 is 0 Å². The summed E-state index contributed by atoms with van der Waals surface area (Å²) in [7, 11) is 1.59. The van der Waals surface area contributed by atoms with E-state index in [1.54, 1.807) is 13.3 Å². The molecule has 1 aliphatic carbocycles. The minimum atomic E-state index is -0.631. The van der Waals surface area contributed by atoms with Crippen molar-refractivity contribution in [2.75, 3.05) is 13.7 Å². The molecule has 2 aromatic carbocycles. The Labute approximate surface area is 299 Å². The summed E-state index contributed by atoms with van der Waals surface area (Å²) >= 11 is 14.2. The Kier molecular flexibility index (Phi) is 9.65. The number of amides is 1. The second-order valence-corrected chi connectivity index (χ2v) is 14.1. The van der Waals surface area contributed by atoms with Crippen LogP contribution in [-0.2, 0) is 17.9 Å². The third-order valence-corrected chi connectivity index (χ3v) is 10.3. The maximum absolute atomic E-state index is 12.9. The van der Waals surface area contributed by atoms with Crippen molar-refractivity contribution in [1.29, 1.82) is 0 Å². The van der Waals surface area contributed by atoms with Gasteiger partial charge in [-0.1, -0.05) is 65.7 Å². The zero-order valence-electron chi connectivity index (χ0n) is 27.8. The number of ether oxygens (including phenoxy) is 1. The molecule has 0 bridgehead atoms. The van der Waals surface area contributed by atoms with Crippen LogP contribution < -0.4 is 26.2 Å². The van der Waals surface area contributed by atoms with Crippen LogP contribution in [0.2, 0.25) is 10.0 Å². The van der Waals surface area contributed by atoms with Gasteiger partial charge in [0.2, 0.25) is 11.8 Å². The number of pyridine rings is 2. The molecule has 3 aromatic heterocycles. The van der Waals surface area contributed by atoms with Crippen molar-refractivity contribution in [2.24, 2.45) is 0 Å². The van der Waals surface area contributed by atoms with E-state index in [9.17, 15) is 14.7 Å². The summed E-state index contributed by atoms with van der Waals surface area (Å²) in [5.41, 5.74) is 5.72. The number of nitrogens with zero attached hydrogens (tertiary/aromatic N) is 3. The first-order valence-electron chi connectivity index (χ1n) is 16.7. The number of rotatable bonds is 11. The fraction of sp³-hybridized carbons (Fsp3) is 0.316. The molecule has 2 aliphatic rings. The van der Waals surface area contributed by atoms with Gasteiger partial charge >= 0.3 is 0 Å². The standard InChI is InChI=1S/C38H38Cl2N6O4/c1-38(49)17-26(18-38)42-21-25-16-34(48)46-14-13-22(15-32(46)43-25)27-5-3-6-28(35(27)39)29-7-4-8-30(36(29)40)31-11-9-23(37(45-31)50-2)19-41-20-24-10-12-33(47)44-24/h3-9,11,13-16,24,26,41-42,49H,10,12,17-21H2,1-2H3,(H,44,47)/t24-,26?,38?/m0/s1. The van der Waals surface area contributed by atoms with Crippen LogP contribution >= 0.6 is 23.2 Å². The van der Waals surface area contributed by atoms with Gasteiger partial charge in [-0.2, -0.15) is 0 Å². The largest absolute Gasteiger partial charge is 0.481 e. The average molecular weight is 714 g/mol. The fourth-order valence-electron chi connectivity index (χ4n) is 6.85. The number of aromatic nitrogens is 3. The van der Waals surface area contributed by atoms with Gasteiger partial charge in [-0.05, 0) is 49.9 Å². The SMILES string of the molecule is COc1nc(-c2cccc(-c3cccc(-c4ccn5c(=O)cc(CNC6CC(C)(O)C6)nc5c4)c3Cl)c2Cl)ccc1CNC[C@@H]1CCC(=O)N1. The summed E-state index contributed by atoms with van der Waals surface area (Å²) in [5, 5.41) is 20.8. The summed E-state index contributed by atoms with van der Waals surface area (Å²) in [5.74, 6) is 0.585. The third-order valence-electron chi connectivity index (χ3n) is 9.46. The smallest absolute Gasteiger partial charge is 0.258 e. The van der Waals surface area contributed by atoms with Gasteiger partial charge in [-0.15, -0.1) is 0 Å². The molecule has 5 aromatic rings. The van der Waals surface area contributed by atoms with Crippen LogP contribution in [-0.4, -0.2) is 56.7 Å². The molecule has 2 fully saturated rings. The van der Waals surface area contributed by atoms with Crippen LogP contribution in [0.15, 0.2) is 77.7 Å². The highest BCUT2D eigenvalue weighted by molar-refractivity contribution is 6.39. The molecule has 1 atom stereocenters. The number of nitrogens with one attached hydrogen (secondary N) is 3. The summed E-state index contributed by atoms with van der Waals surface area (Å²) in [4.78, 5) is 34.0. The van der Waals surface area contributed by atoms with E-state index in [-0.39, 0.29) is 23.6 Å². The molecule has 1 saturated carbocycles. The van der Waals surface area contributed by atoms with Crippen molar-refractivity contribution in [1.82, 2.24) is 30.3 Å². The molecule has 258 valence electrons. The maximum atomic E-state index is 12.9. The van der Waals surface area contributed by atoms with E-state index in [2.05, 4.69) is 16.0 Å². The molecule has 4 N–H and O–H groups in total. The van der Waals surface area contributed by atoms with E-state index in [0.717, 1.165) is 39.8 Å². The van der Waals surface area contributed by atoms with Gasteiger partial charge in [0, 0.05) is 78.2 Å². The Balaban J connectivity index is 1.13. The number of fused-ring (bicyclic) bond motifs is 1.